The molecule has 2 heterocycles. The first-order valence-electron chi connectivity index (χ1n) is 5.41. The zero-order valence-electron chi connectivity index (χ0n) is 8.46. The van der Waals surface area contributed by atoms with E-state index in [2.05, 4.69) is 17.1 Å². The van der Waals surface area contributed by atoms with E-state index in [9.17, 15) is 0 Å². The van der Waals surface area contributed by atoms with Gasteiger partial charge in [-0.15, -0.1) is 0 Å². The number of hydrogen-bond donors (Lipinski definition) is 1. The van der Waals surface area contributed by atoms with Crippen LogP contribution in [0.5, 0.6) is 0 Å². The van der Waals surface area contributed by atoms with Crippen LogP contribution in [0.25, 0.3) is 0 Å². The minimum absolute atomic E-state index is 0.608. The highest BCUT2D eigenvalue weighted by molar-refractivity contribution is 4.81. The van der Waals surface area contributed by atoms with Crippen LogP contribution in [-0.4, -0.2) is 49.8 Å². The summed E-state index contributed by atoms with van der Waals surface area (Å²) in [5.41, 5.74) is 0. The van der Waals surface area contributed by atoms with Crippen LogP contribution in [0.15, 0.2) is 0 Å². The van der Waals surface area contributed by atoms with Crippen LogP contribution in [0.3, 0.4) is 0 Å². The predicted octanol–water partition coefficient (Wildman–Crippen LogP) is 0.459. The quantitative estimate of drug-likeness (QED) is 0.675. The Hall–Kier alpha value is -0.120. The van der Waals surface area contributed by atoms with Gasteiger partial charge in [0.15, 0.2) is 0 Å². The summed E-state index contributed by atoms with van der Waals surface area (Å²) in [6.07, 6.45) is 2.70. The summed E-state index contributed by atoms with van der Waals surface area (Å²) in [5.74, 6) is 0. The molecule has 2 rings (SSSR count). The van der Waals surface area contributed by atoms with Gasteiger partial charge in [-0.3, -0.25) is 4.90 Å². The van der Waals surface area contributed by atoms with E-state index in [0.29, 0.717) is 6.04 Å². The molecule has 0 saturated carbocycles. The van der Waals surface area contributed by atoms with Gasteiger partial charge in [0.2, 0.25) is 0 Å². The van der Waals surface area contributed by atoms with Gasteiger partial charge in [-0.05, 0) is 26.3 Å². The molecule has 1 unspecified atom stereocenters. The Morgan fingerprint density at radius 1 is 1.54 bits per heavy atom. The summed E-state index contributed by atoms with van der Waals surface area (Å²) in [7, 11) is 0. The lowest BCUT2D eigenvalue weighted by atomic mass is 10.2. The number of ether oxygens (including phenoxy) is 1. The molecule has 1 N–H and O–H groups in total. The number of hydrogen-bond acceptors (Lipinski definition) is 3. The largest absolute Gasteiger partial charge is 0.379 e. The number of morpholine rings is 1. The minimum atomic E-state index is 0.608. The predicted molar refractivity (Wildman–Crippen MR) is 52.9 cm³/mol. The summed E-state index contributed by atoms with van der Waals surface area (Å²) in [4.78, 5) is 2.55. The monoisotopic (exact) mass is 184 g/mol. The van der Waals surface area contributed by atoms with Gasteiger partial charge in [0, 0.05) is 25.2 Å². The smallest absolute Gasteiger partial charge is 0.0619 e. The molecule has 2 aliphatic heterocycles. The third kappa shape index (κ3) is 2.42. The number of nitrogens with one attached hydrogen (secondary N) is 1. The van der Waals surface area contributed by atoms with E-state index in [1.165, 1.54) is 25.9 Å². The van der Waals surface area contributed by atoms with Gasteiger partial charge < -0.3 is 10.1 Å². The van der Waals surface area contributed by atoms with Crippen molar-refractivity contribution in [2.24, 2.45) is 0 Å². The highest BCUT2D eigenvalue weighted by atomic mass is 16.5. The second kappa shape index (κ2) is 4.40. The topological polar surface area (TPSA) is 24.5 Å². The van der Waals surface area contributed by atoms with E-state index in [-0.39, 0.29) is 0 Å². The van der Waals surface area contributed by atoms with Crippen LogP contribution >= 0.6 is 0 Å². The zero-order chi connectivity index (χ0) is 9.10. The van der Waals surface area contributed by atoms with E-state index < -0.39 is 0 Å². The van der Waals surface area contributed by atoms with E-state index >= 15 is 0 Å². The Morgan fingerprint density at radius 3 is 3.15 bits per heavy atom. The molecule has 0 spiro atoms. The highest BCUT2D eigenvalue weighted by Crippen LogP contribution is 2.11. The van der Waals surface area contributed by atoms with Gasteiger partial charge in [-0.25, -0.2) is 0 Å². The average molecular weight is 184 g/mol. The lowest BCUT2D eigenvalue weighted by Crippen LogP contribution is -2.48. The van der Waals surface area contributed by atoms with Crippen molar-refractivity contribution in [1.82, 2.24) is 10.2 Å². The third-order valence-corrected chi connectivity index (χ3v) is 3.12. The summed E-state index contributed by atoms with van der Waals surface area (Å²) >= 11 is 0. The molecule has 2 atom stereocenters. The fourth-order valence-electron chi connectivity index (χ4n) is 2.23. The molecule has 2 saturated heterocycles. The lowest BCUT2D eigenvalue weighted by molar-refractivity contribution is -0.00351. The lowest BCUT2D eigenvalue weighted by Gasteiger charge is -2.34. The Balaban J connectivity index is 1.78. The standard InChI is InChI=1S/C10H20N2O/c1-9-8-13-6-5-12(9)7-10-3-2-4-11-10/h9-11H,2-8H2,1H3/t9?,10-/m1/s1. The molecule has 2 aliphatic rings. The maximum absolute atomic E-state index is 5.41. The van der Waals surface area contributed by atoms with Crippen LogP contribution in [0.1, 0.15) is 19.8 Å². The van der Waals surface area contributed by atoms with Crippen molar-refractivity contribution in [2.45, 2.75) is 31.8 Å². The summed E-state index contributed by atoms with van der Waals surface area (Å²) < 4.78 is 5.41. The highest BCUT2D eigenvalue weighted by Gasteiger charge is 2.23. The normalized spacial score (nSPS) is 36.7. The van der Waals surface area contributed by atoms with Crippen molar-refractivity contribution in [3.05, 3.63) is 0 Å². The first kappa shape index (κ1) is 9.44. The van der Waals surface area contributed by atoms with Crippen LogP contribution < -0.4 is 5.32 Å². The molecule has 0 aromatic rings. The van der Waals surface area contributed by atoms with E-state index in [0.717, 1.165) is 25.8 Å². The Bertz CT molecular complexity index is 157. The third-order valence-electron chi connectivity index (χ3n) is 3.12. The molecule has 3 nitrogen and oxygen atoms in total. The molecular weight excluding hydrogens is 164 g/mol. The van der Waals surface area contributed by atoms with Crippen LogP contribution in [0.2, 0.25) is 0 Å². The van der Waals surface area contributed by atoms with Crippen LogP contribution in [0.4, 0.5) is 0 Å². The fraction of sp³-hybridized carbons (Fsp3) is 1.00. The van der Waals surface area contributed by atoms with E-state index in [1.807, 2.05) is 0 Å². The minimum Gasteiger partial charge on any atom is -0.379 e. The van der Waals surface area contributed by atoms with Gasteiger partial charge in [0.05, 0.1) is 13.2 Å². The second-order valence-corrected chi connectivity index (χ2v) is 4.21. The molecule has 0 aromatic carbocycles. The molecule has 0 aliphatic carbocycles. The van der Waals surface area contributed by atoms with E-state index in [1.54, 1.807) is 0 Å². The molecule has 76 valence electrons. The average Bonchev–Trinajstić information content (AvgIpc) is 2.61. The van der Waals surface area contributed by atoms with Crippen molar-refractivity contribution in [2.75, 3.05) is 32.8 Å². The van der Waals surface area contributed by atoms with Crippen molar-refractivity contribution < 1.29 is 4.74 Å². The maximum atomic E-state index is 5.41. The zero-order valence-corrected chi connectivity index (χ0v) is 8.46. The first-order valence-corrected chi connectivity index (χ1v) is 5.41. The molecule has 0 radical (unpaired) electrons. The summed E-state index contributed by atoms with van der Waals surface area (Å²) in [5, 5.41) is 3.54. The molecule has 2 fully saturated rings. The Labute approximate surface area is 80.4 Å². The van der Waals surface area contributed by atoms with Crippen molar-refractivity contribution in [1.29, 1.82) is 0 Å². The van der Waals surface area contributed by atoms with Gasteiger partial charge in [-0.1, -0.05) is 0 Å². The number of rotatable bonds is 2. The fourth-order valence-corrected chi connectivity index (χ4v) is 2.23. The molecule has 13 heavy (non-hydrogen) atoms. The number of nitrogens with zero attached hydrogens (tertiary/aromatic N) is 1. The van der Waals surface area contributed by atoms with Gasteiger partial charge in [0.25, 0.3) is 0 Å². The molecule has 0 bridgehead atoms. The van der Waals surface area contributed by atoms with E-state index in [4.69, 9.17) is 4.74 Å². The van der Waals surface area contributed by atoms with Crippen LogP contribution in [-0.2, 0) is 4.74 Å². The van der Waals surface area contributed by atoms with Crippen molar-refractivity contribution in [3.63, 3.8) is 0 Å². The molecule has 0 aromatic heterocycles. The second-order valence-electron chi connectivity index (χ2n) is 4.21. The first-order chi connectivity index (χ1) is 6.36. The summed E-state index contributed by atoms with van der Waals surface area (Å²) in [6, 6.07) is 1.34. The SMILES string of the molecule is CC1COCCN1C[C@H]1CCCN1. The molecule has 0 amide bonds. The van der Waals surface area contributed by atoms with Crippen LogP contribution in [0, 0.1) is 0 Å². The molecular formula is C10H20N2O. The van der Waals surface area contributed by atoms with Gasteiger partial charge >= 0.3 is 0 Å². The Kier molecular flexibility index (Phi) is 3.19. The van der Waals surface area contributed by atoms with Crippen molar-refractivity contribution >= 4 is 0 Å². The van der Waals surface area contributed by atoms with Gasteiger partial charge in [-0.2, -0.15) is 0 Å². The molecule has 3 heteroatoms. The maximum Gasteiger partial charge on any atom is 0.0619 e. The Morgan fingerprint density at radius 2 is 2.46 bits per heavy atom. The summed E-state index contributed by atoms with van der Waals surface area (Å²) in [6.45, 7) is 7.62. The van der Waals surface area contributed by atoms with Crippen molar-refractivity contribution in [3.8, 4) is 0 Å². The van der Waals surface area contributed by atoms with Gasteiger partial charge in [0.1, 0.15) is 0 Å².